The molecule has 1 aromatic carbocycles. The van der Waals surface area contributed by atoms with Crippen molar-refractivity contribution in [2.24, 2.45) is 0 Å². The molecular weight excluding hydrogens is 1430 g/mol. The van der Waals surface area contributed by atoms with Gasteiger partial charge in [0, 0.05) is 83.5 Å². The number of hydrogen-bond acceptors (Lipinski definition) is 22. The van der Waals surface area contributed by atoms with Crippen molar-refractivity contribution in [1.82, 2.24) is 30.2 Å². The van der Waals surface area contributed by atoms with Crippen LogP contribution in [-0.4, -0.2) is 268 Å². The molecule has 0 radical (unpaired) electrons. The van der Waals surface area contributed by atoms with E-state index in [4.69, 9.17) is 54.4 Å². The Labute approximate surface area is 643 Å². The van der Waals surface area contributed by atoms with Crippen LogP contribution in [0.2, 0.25) is 0 Å². The van der Waals surface area contributed by atoms with Gasteiger partial charge in [-0.2, -0.15) is 0 Å². The predicted molar refractivity (Wildman–Crippen MR) is 414 cm³/mol. The summed E-state index contributed by atoms with van der Waals surface area (Å²) >= 11 is 5.53. The molecule has 8 N–H and O–H groups in total. The van der Waals surface area contributed by atoms with Gasteiger partial charge in [-0.3, -0.25) is 57.4 Å². The van der Waals surface area contributed by atoms with E-state index in [1.54, 1.807) is 25.7 Å². The van der Waals surface area contributed by atoms with E-state index in [1.807, 2.05) is 18.2 Å². The van der Waals surface area contributed by atoms with Gasteiger partial charge in [0.25, 0.3) is 0 Å². The molecule has 1 aliphatic heterocycles. The van der Waals surface area contributed by atoms with Crippen LogP contribution < -0.4 is 16.0 Å². The highest BCUT2D eigenvalue weighted by Crippen LogP contribution is 2.43. The zero-order chi connectivity index (χ0) is 78.1. The number of carbonyl (C=O) groups is 7. The predicted octanol–water partition coefficient (Wildman–Crippen LogP) is 11.3. The van der Waals surface area contributed by atoms with Crippen molar-refractivity contribution in [3.05, 3.63) is 29.8 Å². The fourth-order valence-corrected chi connectivity index (χ4v) is 13.2. The summed E-state index contributed by atoms with van der Waals surface area (Å²) in [5, 5.41) is 47.9. The lowest BCUT2D eigenvalue weighted by Crippen LogP contribution is -2.53. The Hall–Kier alpha value is -5.21. The summed E-state index contributed by atoms with van der Waals surface area (Å²) in [6.45, 7) is 5.26. The van der Waals surface area contributed by atoms with Gasteiger partial charge in [-0.25, -0.2) is 9.36 Å². The standard InChI is InChI=1S/C76H136N7O22PS/c1-3-5-7-9-11-13-15-17-19-21-23-25-27-29-31-36-73(92)102-63-68(105-74(93)37-32-30-28-26-24-22-20-18-16-14-12-10-8-6-4-2)64-104-106(95,96)103-47-39-78-76(94)101-55-54-100-53-52-99-51-50-98-49-48-97-46-38-77-75(107)79-66-35-33-34-65(56-66)57-67-58-82(61-71(88)89)43-42-80(59-69(84)85)40-41-81(60-70(86)87)44-45-83(67)62-72(90)91/h33-35,56,67-68H,3-32,36-55,57-64H2,1-2H3,(H,78,94)(H,84,85)(H,86,87)(H,88,89)(H,90,91)(H,95,96)(H2,77,79,107)/t67?,68-/m1/s1. The van der Waals surface area contributed by atoms with Crippen molar-refractivity contribution in [3.63, 3.8) is 0 Å². The Morgan fingerprint density at radius 1 is 0.477 bits per heavy atom. The van der Waals surface area contributed by atoms with Gasteiger partial charge in [0.15, 0.2) is 11.2 Å². The SMILES string of the molecule is CCCCCCCCCCCCCCCCCC(=O)OC[C@H](COP(=O)(O)OCCNC(=O)OCCOCCOCCOCCOCCNC(=S)Nc1cccc(CC2CN(CC(=O)O)CCN(CC(=O)O)CCN(CC(=O)O)CCN2CC(=O)O)c1)OC(=O)CCCCCCCCCCCCCCCCC. The number of esters is 2. The topological polar surface area (TPSA) is 370 Å². The highest BCUT2D eigenvalue weighted by molar-refractivity contribution is 7.80. The number of amides is 1. The van der Waals surface area contributed by atoms with Crippen LogP contribution in [0.5, 0.6) is 0 Å². The number of anilines is 1. The van der Waals surface area contributed by atoms with Gasteiger partial charge in [0.05, 0.1) is 92.2 Å². The lowest BCUT2D eigenvalue weighted by atomic mass is 10.0. The molecule has 0 spiro atoms. The van der Waals surface area contributed by atoms with Gasteiger partial charge in [0.1, 0.15) is 13.2 Å². The van der Waals surface area contributed by atoms with Crippen LogP contribution >= 0.6 is 20.0 Å². The van der Waals surface area contributed by atoms with Gasteiger partial charge in [0.2, 0.25) is 0 Å². The number of alkyl carbamates (subject to hydrolysis) is 1. The number of aliphatic carboxylic acids is 4. The Kier molecular flexibility index (Phi) is 60.9. The summed E-state index contributed by atoms with van der Waals surface area (Å²) in [5.41, 5.74) is 1.44. The average Bonchev–Trinajstić information content (AvgIpc) is 0.851. The maximum Gasteiger partial charge on any atom is 0.472 e. The van der Waals surface area contributed by atoms with Crippen molar-refractivity contribution in [3.8, 4) is 0 Å². The number of phosphoric ester groups is 1. The molecule has 2 unspecified atom stereocenters. The first-order valence-corrected chi connectivity index (χ1v) is 41.8. The lowest BCUT2D eigenvalue weighted by molar-refractivity contribution is -0.161. The molecule has 0 saturated carbocycles. The molecule has 1 fully saturated rings. The number of thiocarbonyl (C=S) groups is 1. The molecule has 0 aliphatic carbocycles. The Bertz CT molecular complexity index is 2550. The molecule has 29 nitrogen and oxygen atoms in total. The van der Waals surface area contributed by atoms with Crippen LogP contribution in [0.25, 0.3) is 0 Å². The molecule has 1 aromatic rings. The largest absolute Gasteiger partial charge is 0.480 e. The summed E-state index contributed by atoms with van der Waals surface area (Å²) < 4.78 is 61.5. The third-order valence-electron chi connectivity index (χ3n) is 18.1. The molecular formula is C76H136N7O22PS. The molecule has 107 heavy (non-hydrogen) atoms. The van der Waals surface area contributed by atoms with Gasteiger partial charge < -0.3 is 74.4 Å². The fraction of sp³-hybridized carbons (Fsp3) is 0.816. The van der Waals surface area contributed by atoms with Gasteiger partial charge in [-0.1, -0.05) is 206 Å². The van der Waals surface area contributed by atoms with Gasteiger partial charge in [-0.15, -0.1) is 0 Å². The van der Waals surface area contributed by atoms with E-state index < -0.39 is 75.1 Å². The molecule has 1 saturated heterocycles. The molecule has 3 atom stereocenters. The summed E-state index contributed by atoms with van der Waals surface area (Å²) in [6.07, 6.45) is 34.7. The minimum Gasteiger partial charge on any atom is -0.480 e. The number of unbranched alkanes of at least 4 members (excludes halogenated alkanes) is 28. The van der Waals surface area contributed by atoms with Gasteiger partial charge in [-0.05, 0) is 49.2 Å². The van der Waals surface area contributed by atoms with Crippen molar-refractivity contribution in [1.29, 1.82) is 0 Å². The molecule has 1 amide bonds. The van der Waals surface area contributed by atoms with E-state index in [2.05, 4.69) is 29.8 Å². The molecule has 2 rings (SSSR count). The smallest absolute Gasteiger partial charge is 0.472 e. The number of phosphoric acid groups is 1. The van der Waals surface area contributed by atoms with Crippen molar-refractivity contribution >= 4 is 72.7 Å². The molecule has 0 bridgehead atoms. The molecule has 31 heteroatoms. The number of carbonyl (C=O) groups excluding carboxylic acids is 3. The zero-order valence-corrected chi connectivity index (χ0v) is 66.5. The van der Waals surface area contributed by atoms with Crippen LogP contribution in [0.3, 0.4) is 0 Å². The molecule has 618 valence electrons. The number of benzene rings is 1. The second-order valence-corrected chi connectivity index (χ2v) is 29.4. The Morgan fingerprint density at radius 3 is 1.36 bits per heavy atom. The quantitative estimate of drug-likeness (QED) is 0.00987. The van der Waals surface area contributed by atoms with E-state index in [9.17, 15) is 63.4 Å². The summed E-state index contributed by atoms with van der Waals surface area (Å²) in [7, 11) is -4.69. The highest BCUT2D eigenvalue weighted by atomic mass is 32.1. The molecule has 1 aliphatic rings. The third-order valence-corrected chi connectivity index (χ3v) is 19.3. The summed E-state index contributed by atoms with van der Waals surface area (Å²) in [4.78, 5) is 103. The first-order chi connectivity index (χ1) is 51.8. The van der Waals surface area contributed by atoms with E-state index >= 15 is 0 Å². The second kappa shape index (κ2) is 66.6. The van der Waals surface area contributed by atoms with Crippen LogP contribution in [-0.2, 0) is 82.0 Å². The van der Waals surface area contributed by atoms with Crippen molar-refractivity contribution in [2.75, 3.05) is 170 Å². The van der Waals surface area contributed by atoms with E-state index in [0.29, 0.717) is 69.6 Å². The number of rotatable bonds is 68. The number of nitrogens with one attached hydrogen (secondary N) is 3. The number of ether oxygens (including phenoxy) is 7. The summed E-state index contributed by atoms with van der Waals surface area (Å²) in [6, 6.07) is 6.79. The Morgan fingerprint density at radius 2 is 0.888 bits per heavy atom. The van der Waals surface area contributed by atoms with Crippen LogP contribution in [0, 0.1) is 0 Å². The van der Waals surface area contributed by atoms with E-state index in [0.717, 1.165) is 44.1 Å². The first kappa shape index (κ1) is 97.9. The van der Waals surface area contributed by atoms with E-state index in [-0.39, 0.29) is 124 Å². The van der Waals surface area contributed by atoms with E-state index in [1.165, 1.54) is 141 Å². The highest BCUT2D eigenvalue weighted by Gasteiger charge is 2.29. The number of hydrogen-bond donors (Lipinski definition) is 8. The van der Waals surface area contributed by atoms with Crippen LogP contribution in [0.15, 0.2) is 24.3 Å². The maximum absolute atomic E-state index is 12.9. The number of nitrogens with zero attached hydrogens (tertiary/aromatic N) is 4. The van der Waals surface area contributed by atoms with Crippen molar-refractivity contribution in [2.45, 2.75) is 238 Å². The third kappa shape index (κ3) is 60.2. The fourth-order valence-electron chi connectivity index (χ4n) is 12.3. The average molecular weight is 1560 g/mol. The lowest BCUT2D eigenvalue weighted by Gasteiger charge is -2.37. The van der Waals surface area contributed by atoms with Gasteiger partial charge >= 0.3 is 49.7 Å². The minimum absolute atomic E-state index is 0.0765. The zero-order valence-electron chi connectivity index (χ0n) is 64.8. The number of carboxylic acid groups (broad SMARTS) is 4. The number of carboxylic acids is 4. The van der Waals surface area contributed by atoms with Crippen LogP contribution in [0.1, 0.15) is 225 Å². The maximum atomic E-state index is 12.9. The normalized spacial score (nSPS) is 15.1. The van der Waals surface area contributed by atoms with Crippen LogP contribution in [0.4, 0.5) is 10.5 Å². The molecule has 1 heterocycles. The minimum atomic E-state index is -4.69. The second-order valence-electron chi connectivity index (χ2n) is 27.6. The summed E-state index contributed by atoms with van der Waals surface area (Å²) in [5.74, 6) is -5.33. The Balaban J connectivity index is 1.64. The molecule has 0 aromatic heterocycles. The van der Waals surface area contributed by atoms with Crippen molar-refractivity contribution < 1.29 is 106 Å². The monoisotopic (exact) mass is 1560 g/mol. The first-order valence-electron chi connectivity index (χ1n) is 39.9.